The smallest absolute Gasteiger partial charge is 0.370 e. The van der Waals surface area contributed by atoms with Gasteiger partial charge in [-0.05, 0) is 24.5 Å². The third kappa shape index (κ3) is 4.51. The second kappa shape index (κ2) is 9.65. The summed E-state index contributed by atoms with van der Waals surface area (Å²) >= 11 is 6.13. The zero-order valence-corrected chi connectivity index (χ0v) is 20.8. The van der Waals surface area contributed by atoms with Crippen LogP contribution >= 0.6 is 11.6 Å². The largest absolute Gasteiger partial charge is 0.451 e. The number of aromatic nitrogens is 4. The van der Waals surface area contributed by atoms with Gasteiger partial charge in [-0.25, -0.2) is 8.78 Å². The van der Waals surface area contributed by atoms with Crippen molar-refractivity contribution in [2.24, 2.45) is 11.8 Å². The molecule has 2 aliphatic rings. The number of amides is 1. The maximum absolute atomic E-state index is 13.7. The Morgan fingerprint density at radius 2 is 1.97 bits per heavy atom. The molecule has 0 aliphatic carbocycles. The number of hydrogen-bond acceptors (Lipinski definition) is 6. The lowest BCUT2D eigenvalue weighted by Gasteiger charge is -2.40. The van der Waals surface area contributed by atoms with Crippen molar-refractivity contribution in [2.45, 2.75) is 39.0 Å². The van der Waals surface area contributed by atoms with Crippen LogP contribution in [0.5, 0.6) is 0 Å². The SMILES string of the molecule is CC1CN(c2c(C#N)cnc3c(C(F)F)cc(Cl)cc23)CCC1C(=O)N1CCn2c(nnc2C(F)(F)F)C1. The number of anilines is 1. The zero-order valence-electron chi connectivity index (χ0n) is 20.0. The van der Waals surface area contributed by atoms with E-state index in [1.165, 1.54) is 17.2 Å². The predicted molar refractivity (Wildman–Crippen MR) is 126 cm³/mol. The van der Waals surface area contributed by atoms with Crippen LogP contribution in [0.4, 0.5) is 27.6 Å². The van der Waals surface area contributed by atoms with E-state index in [0.29, 0.717) is 30.6 Å². The number of pyridine rings is 1. The third-order valence-corrected chi connectivity index (χ3v) is 7.37. The molecule has 4 heterocycles. The second-order valence-electron chi connectivity index (χ2n) is 9.49. The van der Waals surface area contributed by atoms with Crippen molar-refractivity contribution >= 4 is 34.1 Å². The lowest BCUT2D eigenvalue weighted by Crippen LogP contribution is -2.49. The average Bonchev–Trinajstić information content (AvgIpc) is 3.31. The Hall–Kier alpha value is -3.53. The highest BCUT2D eigenvalue weighted by atomic mass is 35.5. The van der Waals surface area contributed by atoms with Gasteiger partial charge in [0.1, 0.15) is 6.07 Å². The predicted octanol–water partition coefficient (Wildman–Crippen LogP) is 4.81. The fourth-order valence-corrected chi connectivity index (χ4v) is 5.60. The molecule has 1 aromatic carbocycles. The van der Waals surface area contributed by atoms with Gasteiger partial charge < -0.3 is 14.4 Å². The molecule has 38 heavy (non-hydrogen) atoms. The van der Waals surface area contributed by atoms with Crippen molar-refractivity contribution in [2.75, 3.05) is 24.5 Å². The first-order chi connectivity index (χ1) is 18.0. The molecule has 0 saturated carbocycles. The monoisotopic (exact) mass is 553 g/mol. The highest BCUT2D eigenvalue weighted by Gasteiger charge is 2.41. The molecule has 2 atom stereocenters. The highest BCUT2D eigenvalue weighted by molar-refractivity contribution is 6.31. The van der Waals surface area contributed by atoms with Crippen LogP contribution in [0.15, 0.2) is 18.3 Å². The zero-order chi connectivity index (χ0) is 27.4. The van der Waals surface area contributed by atoms with E-state index in [9.17, 15) is 32.0 Å². The van der Waals surface area contributed by atoms with Crippen LogP contribution in [0.1, 0.15) is 42.5 Å². The molecule has 2 aliphatic heterocycles. The summed E-state index contributed by atoms with van der Waals surface area (Å²) in [5.41, 5.74) is 0.362. The van der Waals surface area contributed by atoms with Crippen molar-refractivity contribution in [3.8, 4) is 6.07 Å². The molecule has 1 amide bonds. The summed E-state index contributed by atoms with van der Waals surface area (Å²) < 4.78 is 67.8. The molecule has 3 aromatic rings. The molecule has 0 radical (unpaired) electrons. The van der Waals surface area contributed by atoms with Gasteiger partial charge in [-0.15, -0.1) is 10.2 Å². The number of hydrogen-bond donors (Lipinski definition) is 0. The summed E-state index contributed by atoms with van der Waals surface area (Å²) in [6.07, 6.45) is -5.78. The molecule has 1 saturated heterocycles. The van der Waals surface area contributed by atoms with Gasteiger partial charge in [0.25, 0.3) is 6.43 Å². The van der Waals surface area contributed by atoms with Crippen LogP contribution in [-0.4, -0.2) is 50.2 Å². The molecule has 5 rings (SSSR count). The Bertz CT molecular complexity index is 1450. The summed E-state index contributed by atoms with van der Waals surface area (Å²) in [6, 6.07) is 4.73. The first-order valence-corrected chi connectivity index (χ1v) is 12.2. The van der Waals surface area contributed by atoms with Crippen molar-refractivity contribution in [3.63, 3.8) is 0 Å². The Kier molecular flexibility index (Phi) is 6.63. The van der Waals surface area contributed by atoms with Crippen LogP contribution < -0.4 is 4.90 Å². The maximum atomic E-state index is 13.7. The summed E-state index contributed by atoms with van der Waals surface area (Å²) in [5.74, 6) is -1.81. The minimum atomic E-state index is -4.63. The second-order valence-corrected chi connectivity index (χ2v) is 9.93. The van der Waals surface area contributed by atoms with Crippen molar-refractivity contribution in [1.29, 1.82) is 5.26 Å². The number of nitriles is 1. The lowest BCUT2D eigenvalue weighted by molar-refractivity contribution is -0.148. The third-order valence-electron chi connectivity index (χ3n) is 7.15. The molecule has 2 aromatic heterocycles. The number of halogens is 6. The van der Waals surface area contributed by atoms with Gasteiger partial charge >= 0.3 is 6.18 Å². The molecular weight excluding hydrogens is 533 g/mol. The molecule has 0 bridgehead atoms. The number of carbonyl (C=O) groups excluding carboxylic acids is 1. The standard InChI is InChI=1S/C24H21ClF5N7O/c1-12-10-35(20-13(8-31)9-32-19-16(20)6-14(25)7-17(19)21(26)27)3-2-15(12)22(38)36-4-5-37-18(11-36)33-34-23(37)24(28,29)30/h6-7,9,12,15,21H,2-5,10-11H2,1H3. The summed E-state index contributed by atoms with van der Waals surface area (Å²) in [4.78, 5) is 20.9. The topological polar surface area (TPSA) is 90.9 Å². The molecule has 0 N–H and O–H groups in total. The summed E-state index contributed by atoms with van der Waals surface area (Å²) in [7, 11) is 0. The number of nitrogens with zero attached hydrogens (tertiary/aromatic N) is 7. The van der Waals surface area contributed by atoms with E-state index in [0.717, 1.165) is 10.6 Å². The Morgan fingerprint density at radius 3 is 2.63 bits per heavy atom. The van der Waals surface area contributed by atoms with Gasteiger partial charge in [-0.2, -0.15) is 18.4 Å². The number of fused-ring (bicyclic) bond motifs is 2. The first kappa shape index (κ1) is 26.1. The van der Waals surface area contributed by atoms with Gasteiger partial charge in [0.2, 0.25) is 11.7 Å². The number of piperidine rings is 1. The Balaban J connectivity index is 1.38. The summed E-state index contributed by atoms with van der Waals surface area (Å²) in [6.45, 7) is 2.55. The van der Waals surface area contributed by atoms with Gasteiger partial charge in [0.15, 0.2) is 5.82 Å². The van der Waals surface area contributed by atoms with Crippen LogP contribution in [0, 0.1) is 23.2 Å². The van der Waals surface area contributed by atoms with E-state index >= 15 is 0 Å². The number of benzene rings is 1. The maximum Gasteiger partial charge on any atom is 0.451 e. The van der Waals surface area contributed by atoms with Crippen molar-refractivity contribution in [3.05, 3.63) is 46.1 Å². The summed E-state index contributed by atoms with van der Waals surface area (Å²) in [5, 5.41) is 17.0. The number of rotatable bonds is 3. The minimum absolute atomic E-state index is 0.0555. The van der Waals surface area contributed by atoms with Crippen LogP contribution in [0.25, 0.3) is 10.9 Å². The fourth-order valence-electron chi connectivity index (χ4n) is 5.37. The fraction of sp³-hybridized carbons (Fsp3) is 0.458. The van der Waals surface area contributed by atoms with E-state index in [2.05, 4.69) is 21.3 Å². The van der Waals surface area contributed by atoms with Gasteiger partial charge in [-0.3, -0.25) is 9.78 Å². The quantitative estimate of drug-likeness (QED) is 0.432. The average molecular weight is 554 g/mol. The Morgan fingerprint density at radius 1 is 1.21 bits per heavy atom. The molecule has 200 valence electrons. The van der Waals surface area contributed by atoms with Gasteiger partial charge in [0, 0.05) is 54.3 Å². The van der Waals surface area contributed by atoms with E-state index in [-0.39, 0.29) is 58.9 Å². The molecule has 8 nitrogen and oxygen atoms in total. The van der Waals surface area contributed by atoms with E-state index in [1.807, 2.05) is 11.8 Å². The van der Waals surface area contributed by atoms with E-state index < -0.39 is 24.3 Å². The molecule has 0 spiro atoms. The van der Waals surface area contributed by atoms with Crippen LogP contribution in [0.2, 0.25) is 5.02 Å². The molecule has 14 heteroatoms. The van der Waals surface area contributed by atoms with E-state index in [1.54, 1.807) is 0 Å². The van der Waals surface area contributed by atoms with Gasteiger partial charge in [0.05, 0.1) is 23.3 Å². The highest BCUT2D eigenvalue weighted by Crippen LogP contribution is 2.39. The van der Waals surface area contributed by atoms with Crippen LogP contribution in [-0.2, 0) is 24.1 Å². The normalized spacial score (nSPS) is 20.1. The number of alkyl halides is 5. The first-order valence-electron chi connectivity index (χ1n) is 11.8. The molecule has 1 fully saturated rings. The van der Waals surface area contributed by atoms with E-state index in [4.69, 9.17) is 11.6 Å². The Labute approximate surface area is 218 Å². The van der Waals surface area contributed by atoms with Crippen molar-refractivity contribution in [1.82, 2.24) is 24.6 Å². The minimum Gasteiger partial charge on any atom is -0.370 e. The van der Waals surface area contributed by atoms with Gasteiger partial charge in [-0.1, -0.05) is 18.5 Å². The lowest BCUT2D eigenvalue weighted by atomic mass is 9.85. The van der Waals surface area contributed by atoms with Crippen LogP contribution in [0.3, 0.4) is 0 Å². The molecule has 2 unspecified atom stereocenters. The molecular formula is C24H21ClF5N7O. The number of carbonyl (C=O) groups is 1. The van der Waals surface area contributed by atoms with Crippen molar-refractivity contribution < 1.29 is 26.7 Å².